The van der Waals surface area contributed by atoms with Gasteiger partial charge >= 0.3 is 0 Å². The first-order valence-corrected chi connectivity index (χ1v) is 6.00. The predicted octanol–water partition coefficient (Wildman–Crippen LogP) is 2.47. The molecule has 1 atom stereocenters. The van der Waals surface area contributed by atoms with Crippen molar-refractivity contribution in [1.82, 2.24) is 4.57 Å². The predicted molar refractivity (Wildman–Crippen MR) is 71.4 cm³/mol. The second-order valence-electron chi connectivity index (χ2n) is 4.64. The average Bonchev–Trinajstić information content (AvgIpc) is 2.64. The number of benzene rings is 1. The van der Waals surface area contributed by atoms with E-state index in [1.54, 1.807) is 7.11 Å². The summed E-state index contributed by atoms with van der Waals surface area (Å²) in [6.45, 7) is 2.05. The Labute approximate surface area is 102 Å². The minimum atomic E-state index is 0.246. The van der Waals surface area contributed by atoms with Crippen molar-refractivity contribution in [2.24, 2.45) is 12.8 Å². The zero-order chi connectivity index (χ0) is 12.4. The normalized spacial score (nSPS) is 12.9. The number of nitrogens with zero attached hydrogens (tertiary/aromatic N) is 1. The topological polar surface area (TPSA) is 40.2 Å². The lowest BCUT2D eigenvalue weighted by Crippen LogP contribution is -2.15. The van der Waals surface area contributed by atoms with Crippen LogP contribution >= 0.6 is 0 Å². The molecule has 0 aliphatic carbocycles. The van der Waals surface area contributed by atoms with Crippen LogP contribution in [0.2, 0.25) is 0 Å². The summed E-state index contributed by atoms with van der Waals surface area (Å²) >= 11 is 0. The summed E-state index contributed by atoms with van der Waals surface area (Å²) in [6.07, 6.45) is 4.20. The highest BCUT2D eigenvalue weighted by atomic mass is 16.5. The number of aromatic nitrogens is 1. The molecule has 92 valence electrons. The molecule has 1 aromatic carbocycles. The van der Waals surface area contributed by atoms with Crippen molar-refractivity contribution in [3.8, 4) is 5.75 Å². The number of para-hydroxylation sites is 1. The van der Waals surface area contributed by atoms with Gasteiger partial charge in [0, 0.05) is 24.7 Å². The maximum absolute atomic E-state index is 5.82. The lowest BCUT2D eigenvalue weighted by atomic mass is 10.1. The van der Waals surface area contributed by atoms with E-state index >= 15 is 0 Å². The largest absolute Gasteiger partial charge is 0.495 e. The van der Waals surface area contributed by atoms with Gasteiger partial charge in [0.15, 0.2) is 0 Å². The Balaban J connectivity index is 2.45. The Morgan fingerprint density at radius 3 is 2.82 bits per heavy atom. The molecule has 3 heteroatoms. The van der Waals surface area contributed by atoms with Crippen molar-refractivity contribution in [1.29, 1.82) is 0 Å². The van der Waals surface area contributed by atoms with Crippen LogP contribution < -0.4 is 10.5 Å². The molecule has 3 nitrogen and oxygen atoms in total. The van der Waals surface area contributed by atoms with Gasteiger partial charge in [0.05, 0.1) is 12.6 Å². The summed E-state index contributed by atoms with van der Waals surface area (Å²) in [5, 5.41) is 1.27. The van der Waals surface area contributed by atoms with Crippen LogP contribution in [-0.2, 0) is 13.5 Å². The van der Waals surface area contributed by atoms with Crippen molar-refractivity contribution in [3.63, 3.8) is 0 Å². The first-order chi connectivity index (χ1) is 8.13. The molecule has 0 aliphatic rings. The minimum Gasteiger partial charge on any atom is -0.495 e. The molecule has 1 aromatic heterocycles. The fourth-order valence-corrected chi connectivity index (χ4v) is 2.26. The van der Waals surface area contributed by atoms with Gasteiger partial charge in [-0.1, -0.05) is 12.1 Å². The van der Waals surface area contributed by atoms with E-state index in [2.05, 4.69) is 23.9 Å². The fourth-order valence-electron chi connectivity index (χ4n) is 2.26. The second-order valence-corrected chi connectivity index (χ2v) is 4.64. The molecule has 0 amide bonds. The monoisotopic (exact) mass is 232 g/mol. The number of hydrogen-bond acceptors (Lipinski definition) is 2. The summed E-state index contributed by atoms with van der Waals surface area (Å²) < 4.78 is 7.53. The highest BCUT2D eigenvalue weighted by Gasteiger charge is 2.10. The van der Waals surface area contributed by atoms with Crippen molar-refractivity contribution in [3.05, 3.63) is 30.0 Å². The molecule has 2 N–H and O–H groups in total. The Morgan fingerprint density at radius 1 is 1.41 bits per heavy atom. The molecule has 0 saturated carbocycles. The van der Waals surface area contributed by atoms with Crippen molar-refractivity contribution in [2.45, 2.75) is 25.8 Å². The fraction of sp³-hybridized carbons (Fsp3) is 0.429. The zero-order valence-corrected chi connectivity index (χ0v) is 10.7. The summed E-state index contributed by atoms with van der Waals surface area (Å²) in [5.74, 6) is 0.928. The van der Waals surface area contributed by atoms with Crippen LogP contribution in [0.25, 0.3) is 10.9 Å². The van der Waals surface area contributed by atoms with Crippen molar-refractivity contribution in [2.75, 3.05) is 7.11 Å². The third-order valence-electron chi connectivity index (χ3n) is 3.14. The molecule has 17 heavy (non-hydrogen) atoms. The summed E-state index contributed by atoms with van der Waals surface area (Å²) in [5.41, 5.74) is 8.32. The zero-order valence-electron chi connectivity index (χ0n) is 10.7. The number of hydrogen-bond donors (Lipinski definition) is 1. The van der Waals surface area contributed by atoms with E-state index in [1.165, 1.54) is 10.9 Å². The first-order valence-electron chi connectivity index (χ1n) is 6.00. The van der Waals surface area contributed by atoms with Crippen LogP contribution in [0, 0.1) is 0 Å². The first kappa shape index (κ1) is 12.0. The van der Waals surface area contributed by atoms with Crippen LogP contribution in [0.3, 0.4) is 0 Å². The Morgan fingerprint density at radius 2 is 2.18 bits per heavy atom. The van der Waals surface area contributed by atoms with Gasteiger partial charge in [-0.2, -0.15) is 0 Å². The van der Waals surface area contributed by atoms with E-state index in [1.807, 2.05) is 19.1 Å². The van der Waals surface area contributed by atoms with Crippen LogP contribution in [-0.4, -0.2) is 17.7 Å². The number of aryl methyl sites for hydroxylation is 2. The van der Waals surface area contributed by atoms with Crippen LogP contribution in [0.15, 0.2) is 24.4 Å². The average molecular weight is 232 g/mol. The highest BCUT2D eigenvalue weighted by Crippen LogP contribution is 2.29. The van der Waals surface area contributed by atoms with Gasteiger partial charge in [0.25, 0.3) is 0 Å². The van der Waals surface area contributed by atoms with E-state index in [0.717, 1.165) is 24.1 Å². The van der Waals surface area contributed by atoms with Gasteiger partial charge in [0.2, 0.25) is 0 Å². The lowest BCUT2D eigenvalue weighted by molar-refractivity contribution is 0.418. The van der Waals surface area contributed by atoms with Gasteiger partial charge in [-0.3, -0.25) is 0 Å². The van der Waals surface area contributed by atoms with Gasteiger partial charge in [0.1, 0.15) is 5.75 Å². The van der Waals surface area contributed by atoms with Crippen molar-refractivity contribution < 1.29 is 4.74 Å². The third-order valence-corrected chi connectivity index (χ3v) is 3.14. The third kappa shape index (κ3) is 2.29. The molecule has 0 saturated heterocycles. The lowest BCUT2D eigenvalue weighted by Gasteiger charge is -2.05. The smallest absolute Gasteiger partial charge is 0.143 e. The number of ether oxygens (including phenoxy) is 1. The molecule has 1 heterocycles. The highest BCUT2D eigenvalue weighted by molar-refractivity contribution is 5.89. The molecule has 2 rings (SSSR count). The van der Waals surface area contributed by atoms with Crippen LogP contribution in [0.1, 0.15) is 18.9 Å². The van der Waals surface area contributed by atoms with E-state index < -0.39 is 0 Å². The number of fused-ring (bicyclic) bond motifs is 1. The van der Waals surface area contributed by atoms with Gasteiger partial charge in [-0.05, 0) is 31.4 Å². The maximum Gasteiger partial charge on any atom is 0.143 e. The van der Waals surface area contributed by atoms with Gasteiger partial charge < -0.3 is 15.0 Å². The quantitative estimate of drug-likeness (QED) is 0.879. The molecule has 1 unspecified atom stereocenters. The standard InChI is InChI=1S/C14H20N2O/c1-10(15)7-8-11-9-16(2)14-12(11)5-4-6-13(14)17-3/h4-6,9-10H,7-8,15H2,1-3H3. The van der Waals surface area contributed by atoms with Crippen molar-refractivity contribution >= 4 is 10.9 Å². The molecule has 0 aliphatic heterocycles. The van der Waals surface area contributed by atoms with E-state index in [0.29, 0.717) is 0 Å². The molecule has 0 fully saturated rings. The molecular formula is C14H20N2O. The number of nitrogens with two attached hydrogens (primary N) is 1. The molecular weight excluding hydrogens is 212 g/mol. The summed E-state index contributed by atoms with van der Waals surface area (Å²) in [6, 6.07) is 6.43. The second kappa shape index (κ2) is 4.80. The minimum absolute atomic E-state index is 0.246. The molecule has 0 radical (unpaired) electrons. The Bertz CT molecular complexity index is 514. The summed E-state index contributed by atoms with van der Waals surface area (Å²) in [7, 11) is 3.77. The van der Waals surface area contributed by atoms with Crippen LogP contribution in [0.4, 0.5) is 0 Å². The van der Waals surface area contributed by atoms with E-state index in [9.17, 15) is 0 Å². The Kier molecular flexibility index (Phi) is 3.38. The number of methoxy groups -OCH3 is 1. The summed E-state index contributed by atoms with van der Waals surface area (Å²) in [4.78, 5) is 0. The van der Waals surface area contributed by atoms with Gasteiger partial charge in [-0.15, -0.1) is 0 Å². The molecule has 0 bridgehead atoms. The van der Waals surface area contributed by atoms with E-state index in [-0.39, 0.29) is 6.04 Å². The van der Waals surface area contributed by atoms with Crippen LogP contribution in [0.5, 0.6) is 5.75 Å². The SMILES string of the molecule is COc1cccc2c(CCC(C)N)cn(C)c12. The Hall–Kier alpha value is -1.48. The molecule has 2 aromatic rings. The molecule has 0 spiro atoms. The van der Waals surface area contributed by atoms with E-state index in [4.69, 9.17) is 10.5 Å². The van der Waals surface area contributed by atoms with Gasteiger partial charge in [-0.25, -0.2) is 0 Å². The number of rotatable bonds is 4. The maximum atomic E-state index is 5.82.